The molecule has 1 saturated heterocycles. The number of aldehydes is 1. The number of nitrogens with zero attached hydrogens (tertiary/aromatic N) is 3. The number of carbonyl (C=O) groups is 3. The van der Waals surface area contributed by atoms with Crippen molar-refractivity contribution in [3.8, 4) is 5.75 Å². The molecular formula is C28H30N4O4. The molecule has 0 radical (unpaired) electrons. The van der Waals surface area contributed by atoms with Crippen molar-refractivity contribution in [1.82, 2.24) is 20.1 Å². The van der Waals surface area contributed by atoms with E-state index in [0.717, 1.165) is 49.2 Å². The maximum absolute atomic E-state index is 12.9. The van der Waals surface area contributed by atoms with Crippen LogP contribution in [-0.4, -0.2) is 65.2 Å². The molecule has 2 unspecified atom stereocenters. The van der Waals surface area contributed by atoms with Crippen molar-refractivity contribution in [2.45, 2.75) is 44.5 Å². The van der Waals surface area contributed by atoms with Gasteiger partial charge in [0.05, 0.1) is 11.6 Å². The molecule has 1 aromatic heterocycles. The highest BCUT2D eigenvalue weighted by atomic mass is 16.5. The number of carbonyl (C=O) groups excluding carboxylic acids is 3. The first-order valence-electron chi connectivity index (χ1n) is 12.4. The van der Waals surface area contributed by atoms with E-state index in [1.165, 1.54) is 10.9 Å². The number of pyridine rings is 1. The average Bonchev–Trinajstić information content (AvgIpc) is 3.48. The standard InChI is InChI=1S/C28H30N4O4/c1-29-27(34)9-6-21(18-33)32-16-20-14-22(7-8-25(20)28(32)35)36-23-11-13-31(17-23)15-19-10-12-30-26-5-3-2-4-24(19)26/h2-5,7-8,10,12,14,18,21,23H,6,9,11,13,15-17H2,1H3,(H,29,34). The maximum atomic E-state index is 12.9. The second kappa shape index (κ2) is 10.5. The molecule has 8 nitrogen and oxygen atoms in total. The highest BCUT2D eigenvalue weighted by molar-refractivity contribution is 6.00. The van der Waals surface area contributed by atoms with Gasteiger partial charge in [-0.3, -0.25) is 19.5 Å². The van der Waals surface area contributed by atoms with Crippen LogP contribution in [0.25, 0.3) is 10.9 Å². The third-order valence-electron chi connectivity index (χ3n) is 7.08. The third kappa shape index (κ3) is 4.95. The van der Waals surface area contributed by atoms with Gasteiger partial charge in [-0.25, -0.2) is 0 Å². The molecule has 2 aliphatic rings. The van der Waals surface area contributed by atoms with Crippen LogP contribution >= 0.6 is 0 Å². The van der Waals surface area contributed by atoms with E-state index in [2.05, 4.69) is 27.3 Å². The fourth-order valence-corrected chi connectivity index (χ4v) is 5.13. The molecule has 5 rings (SSSR count). The van der Waals surface area contributed by atoms with Crippen molar-refractivity contribution >= 4 is 29.0 Å². The fraction of sp³-hybridized carbons (Fsp3) is 0.357. The lowest BCUT2D eigenvalue weighted by molar-refractivity contribution is -0.121. The van der Waals surface area contributed by atoms with E-state index >= 15 is 0 Å². The Morgan fingerprint density at radius 1 is 1.25 bits per heavy atom. The van der Waals surface area contributed by atoms with E-state index in [4.69, 9.17) is 4.74 Å². The van der Waals surface area contributed by atoms with Crippen LogP contribution in [-0.2, 0) is 22.7 Å². The summed E-state index contributed by atoms with van der Waals surface area (Å²) in [7, 11) is 1.56. The summed E-state index contributed by atoms with van der Waals surface area (Å²) >= 11 is 0. The molecule has 2 aromatic carbocycles. The SMILES string of the molecule is CNC(=O)CCC(C=O)N1Cc2cc(OC3CCN(Cc4ccnc5ccccc45)C3)ccc2C1=O. The van der Waals surface area contributed by atoms with Crippen LogP contribution in [0.3, 0.4) is 0 Å². The molecule has 36 heavy (non-hydrogen) atoms. The van der Waals surface area contributed by atoms with Crippen molar-refractivity contribution < 1.29 is 19.1 Å². The number of hydrogen-bond donors (Lipinski definition) is 1. The Hall–Kier alpha value is -3.78. The van der Waals surface area contributed by atoms with Gasteiger partial charge in [0, 0.05) is 56.8 Å². The lowest BCUT2D eigenvalue weighted by atomic mass is 10.1. The van der Waals surface area contributed by atoms with E-state index in [1.54, 1.807) is 18.0 Å². The summed E-state index contributed by atoms with van der Waals surface area (Å²) in [5, 5.41) is 3.73. The lowest BCUT2D eigenvalue weighted by Gasteiger charge is -2.22. The maximum Gasteiger partial charge on any atom is 0.255 e. The number of likely N-dealkylation sites (tertiary alicyclic amines) is 1. The molecule has 2 atom stereocenters. The van der Waals surface area contributed by atoms with Crippen molar-refractivity contribution in [2.75, 3.05) is 20.1 Å². The Bertz CT molecular complexity index is 1290. The van der Waals surface area contributed by atoms with Gasteiger partial charge >= 0.3 is 0 Å². The van der Waals surface area contributed by atoms with Crippen LogP contribution in [0.5, 0.6) is 5.75 Å². The number of nitrogens with one attached hydrogen (secondary N) is 1. The monoisotopic (exact) mass is 486 g/mol. The number of fused-ring (bicyclic) bond motifs is 2. The molecule has 2 aliphatic heterocycles. The molecule has 1 fully saturated rings. The summed E-state index contributed by atoms with van der Waals surface area (Å²) in [6, 6.07) is 15.2. The van der Waals surface area contributed by atoms with Crippen LogP contribution in [0.15, 0.2) is 54.7 Å². The van der Waals surface area contributed by atoms with Gasteiger partial charge in [-0.05, 0) is 54.3 Å². The minimum Gasteiger partial charge on any atom is -0.489 e. The second-order valence-electron chi connectivity index (χ2n) is 9.42. The van der Waals surface area contributed by atoms with Gasteiger partial charge in [0.25, 0.3) is 5.91 Å². The summed E-state index contributed by atoms with van der Waals surface area (Å²) in [6.07, 6.45) is 4.12. The van der Waals surface area contributed by atoms with E-state index in [0.29, 0.717) is 18.5 Å². The molecule has 0 saturated carbocycles. The van der Waals surface area contributed by atoms with Gasteiger partial charge < -0.3 is 19.7 Å². The molecular weight excluding hydrogens is 456 g/mol. The highest BCUT2D eigenvalue weighted by Crippen LogP contribution is 2.30. The number of hydrogen-bond acceptors (Lipinski definition) is 6. The first kappa shape index (κ1) is 23.9. The normalized spacial score (nSPS) is 18.3. The summed E-state index contributed by atoms with van der Waals surface area (Å²) in [6.45, 7) is 2.96. The third-order valence-corrected chi connectivity index (χ3v) is 7.08. The van der Waals surface area contributed by atoms with E-state index < -0.39 is 6.04 Å². The van der Waals surface area contributed by atoms with Gasteiger partial charge in [-0.15, -0.1) is 0 Å². The van der Waals surface area contributed by atoms with Gasteiger partial charge in [0.15, 0.2) is 0 Å². The number of ether oxygens (including phenoxy) is 1. The van der Waals surface area contributed by atoms with Crippen molar-refractivity contribution in [2.24, 2.45) is 0 Å². The van der Waals surface area contributed by atoms with Crippen LogP contribution in [0.1, 0.15) is 40.7 Å². The van der Waals surface area contributed by atoms with E-state index in [-0.39, 0.29) is 24.3 Å². The highest BCUT2D eigenvalue weighted by Gasteiger charge is 2.33. The zero-order chi connectivity index (χ0) is 25.1. The quantitative estimate of drug-likeness (QED) is 0.468. The second-order valence-corrected chi connectivity index (χ2v) is 9.42. The Morgan fingerprint density at radius 3 is 2.94 bits per heavy atom. The zero-order valence-corrected chi connectivity index (χ0v) is 20.4. The van der Waals surface area contributed by atoms with E-state index in [9.17, 15) is 14.4 Å². The summed E-state index contributed by atoms with van der Waals surface area (Å²) < 4.78 is 6.30. The van der Waals surface area contributed by atoms with Crippen LogP contribution in [0.2, 0.25) is 0 Å². The number of amides is 2. The van der Waals surface area contributed by atoms with Gasteiger partial charge in [-0.2, -0.15) is 0 Å². The summed E-state index contributed by atoms with van der Waals surface area (Å²) in [5.41, 5.74) is 3.71. The number of aromatic nitrogens is 1. The average molecular weight is 487 g/mol. The molecule has 3 aromatic rings. The van der Waals surface area contributed by atoms with Gasteiger partial charge in [0.2, 0.25) is 5.91 Å². The lowest BCUT2D eigenvalue weighted by Crippen LogP contribution is -2.37. The Morgan fingerprint density at radius 2 is 2.11 bits per heavy atom. The Balaban J connectivity index is 1.20. The minimum atomic E-state index is -0.626. The molecule has 8 heteroatoms. The largest absolute Gasteiger partial charge is 0.489 e. The first-order chi connectivity index (χ1) is 17.6. The van der Waals surface area contributed by atoms with Crippen LogP contribution in [0.4, 0.5) is 0 Å². The molecule has 0 spiro atoms. The summed E-state index contributed by atoms with van der Waals surface area (Å²) in [4.78, 5) is 44.5. The van der Waals surface area contributed by atoms with Crippen molar-refractivity contribution in [3.05, 3.63) is 71.4 Å². The molecule has 0 bridgehead atoms. The summed E-state index contributed by atoms with van der Waals surface area (Å²) in [5.74, 6) is 0.407. The predicted molar refractivity (Wildman–Crippen MR) is 136 cm³/mol. The molecule has 2 amide bonds. The molecule has 0 aliphatic carbocycles. The number of benzene rings is 2. The smallest absolute Gasteiger partial charge is 0.255 e. The van der Waals surface area contributed by atoms with Crippen LogP contribution in [0, 0.1) is 0 Å². The Kier molecular flexibility index (Phi) is 6.95. The van der Waals surface area contributed by atoms with Gasteiger partial charge in [0.1, 0.15) is 18.1 Å². The van der Waals surface area contributed by atoms with Crippen molar-refractivity contribution in [1.29, 1.82) is 0 Å². The van der Waals surface area contributed by atoms with Crippen molar-refractivity contribution in [3.63, 3.8) is 0 Å². The predicted octanol–water partition coefficient (Wildman–Crippen LogP) is 2.94. The Labute approximate surface area is 210 Å². The first-order valence-corrected chi connectivity index (χ1v) is 12.4. The topological polar surface area (TPSA) is 91.8 Å². The van der Waals surface area contributed by atoms with Crippen LogP contribution < -0.4 is 10.1 Å². The van der Waals surface area contributed by atoms with Gasteiger partial charge in [-0.1, -0.05) is 18.2 Å². The minimum absolute atomic E-state index is 0.0691. The fourth-order valence-electron chi connectivity index (χ4n) is 5.13. The molecule has 1 N–H and O–H groups in total. The van der Waals surface area contributed by atoms with E-state index in [1.807, 2.05) is 36.5 Å². The zero-order valence-electron chi connectivity index (χ0n) is 20.4. The molecule has 3 heterocycles. The molecule has 186 valence electrons. The number of rotatable bonds is 9. The number of para-hydroxylation sites is 1.